The van der Waals surface area contributed by atoms with Gasteiger partial charge in [0.05, 0.1) is 5.41 Å². The molecule has 0 heteroatoms. The molecule has 0 saturated heterocycles. The summed E-state index contributed by atoms with van der Waals surface area (Å²) in [4.78, 5) is 0. The average Bonchev–Trinajstić information content (AvgIpc) is 3.33. The van der Waals surface area contributed by atoms with E-state index in [1.807, 2.05) is 0 Å². The highest BCUT2D eigenvalue weighted by atomic mass is 14.5. The second-order valence-electron chi connectivity index (χ2n) is 8.91. The summed E-state index contributed by atoms with van der Waals surface area (Å²) in [6.07, 6.45) is 0. The SMILES string of the molecule is Cc1c(-c2ccccc2)ccc2c1-c1ccccc1C21c2ccccc2-c2ccccc21. The molecular weight excluding hydrogens is 384 g/mol. The third-order valence-electron chi connectivity index (χ3n) is 7.51. The van der Waals surface area contributed by atoms with Gasteiger partial charge in [-0.1, -0.05) is 115 Å². The van der Waals surface area contributed by atoms with Gasteiger partial charge < -0.3 is 0 Å². The number of benzene rings is 5. The quantitative estimate of drug-likeness (QED) is 0.259. The first-order valence-corrected chi connectivity index (χ1v) is 11.3. The summed E-state index contributed by atoms with van der Waals surface area (Å²) in [5.74, 6) is 0. The number of fused-ring (bicyclic) bond motifs is 10. The molecular formula is C32H22. The summed E-state index contributed by atoms with van der Waals surface area (Å²) in [5, 5.41) is 0. The third-order valence-corrected chi connectivity index (χ3v) is 7.51. The maximum Gasteiger partial charge on any atom is 0.0725 e. The lowest BCUT2D eigenvalue weighted by atomic mass is 9.70. The second-order valence-corrected chi connectivity index (χ2v) is 8.91. The Balaban J connectivity index is 1.65. The lowest BCUT2D eigenvalue weighted by molar-refractivity contribution is 0.793. The van der Waals surface area contributed by atoms with E-state index >= 15 is 0 Å². The van der Waals surface area contributed by atoms with Crippen LogP contribution in [0.4, 0.5) is 0 Å². The van der Waals surface area contributed by atoms with Gasteiger partial charge in [0.1, 0.15) is 0 Å². The van der Waals surface area contributed by atoms with Gasteiger partial charge in [0.25, 0.3) is 0 Å². The van der Waals surface area contributed by atoms with Crippen LogP contribution in [0.3, 0.4) is 0 Å². The molecule has 150 valence electrons. The van der Waals surface area contributed by atoms with Gasteiger partial charge in [0.15, 0.2) is 0 Å². The maximum absolute atomic E-state index is 2.39. The minimum Gasteiger partial charge on any atom is -0.0622 e. The van der Waals surface area contributed by atoms with Crippen molar-refractivity contribution in [3.63, 3.8) is 0 Å². The molecule has 5 aromatic carbocycles. The van der Waals surface area contributed by atoms with Crippen LogP contribution in [0.25, 0.3) is 33.4 Å². The fourth-order valence-electron chi connectivity index (χ4n) is 6.29. The molecule has 2 aliphatic rings. The van der Waals surface area contributed by atoms with Crippen LogP contribution in [-0.2, 0) is 5.41 Å². The maximum atomic E-state index is 2.39. The summed E-state index contributed by atoms with van der Waals surface area (Å²) in [5.41, 5.74) is 14.8. The molecule has 32 heavy (non-hydrogen) atoms. The molecule has 0 heterocycles. The van der Waals surface area contributed by atoms with Gasteiger partial charge in [0, 0.05) is 0 Å². The van der Waals surface area contributed by atoms with Crippen molar-refractivity contribution in [2.75, 3.05) is 0 Å². The van der Waals surface area contributed by atoms with Crippen LogP contribution in [0.5, 0.6) is 0 Å². The van der Waals surface area contributed by atoms with E-state index in [1.54, 1.807) is 0 Å². The highest BCUT2D eigenvalue weighted by Crippen LogP contribution is 2.63. The molecule has 0 nitrogen and oxygen atoms in total. The van der Waals surface area contributed by atoms with E-state index in [0.717, 1.165) is 0 Å². The van der Waals surface area contributed by atoms with Crippen molar-refractivity contribution in [1.29, 1.82) is 0 Å². The summed E-state index contributed by atoms with van der Waals surface area (Å²) in [7, 11) is 0. The topological polar surface area (TPSA) is 0 Å². The molecule has 0 fully saturated rings. The van der Waals surface area contributed by atoms with Crippen LogP contribution in [-0.4, -0.2) is 0 Å². The Labute approximate surface area is 188 Å². The minimum atomic E-state index is -0.251. The second kappa shape index (κ2) is 6.31. The normalized spacial score (nSPS) is 14.0. The molecule has 0 bridgehead atoms. The molecule has 0 amide bonds. The smallest absolute Gasteiger partial charge is 0.0622 e. The van der Waals surface area contributed by atoms with Crippen LogP contribution >= 0.6 is 0 Å². The van der Waals surface area contributed by atoms with E-state index in [2.05, 4.69) is 122 Å². The van der Waals surface area contributed by atoms with E-state index in [0.29, 0.717) is 0 Å². The van der Waals surface area contributed by atoms with E-state index in [9.17, 15) is 0 Å². The van der Waals surface area contributed by atoms with Crippen molar-refractivity contribution < 1.29 is 0 Å². The molecule has 2 aliphatic carbocycles. The molecule has 0 aromatic heterocycles. The summed E-state index contributed by atoms with van der Waals surface area (Å²) >= 11 is 0. The Morgan fingerprint density at radius 1 is 0.406 bits per heavy atom. The highest BCUT2D eigenvalue weighted by Gasteiger charge is 2.51. The van der Waals surface area contributed by atoms with Crippen molar-refractivity contribution in [3.05, 3.63) is 143 Å². The number of hydrogen-bond acceptors (Lipinski definition) is 0. The molecule has 1 spiro atoms. The monoisotopic (exact) mass is 406 g/mol. The standard InChI is InChI=1S/C32H22/c1-21-23(22-11-3-2-4-12-22)19-20-30-31(21)26-15-7-10-18-29(26)32(30)27-16-8-5-13-24(27)25-14-6-9-17-28(25)32/h2-20H,1H3. The van der Waals surface area contributed by atoms with Crippen molar-refractivity contribution in [3.8, 4) is 33.4 Å². The van der Waals surface area contributed by atoms with Crippen molar-refractivity contribution in [2.24, 2.45) is 0 Å². The van der Waals surface area contributed by atoms with Crippen LogP contribution < -0.4 is 0 Å². The van der Waals surface area contributed by atoms with E-state index in [-0.39, 0.29) is 5.41 Å². The Morgan fingerprint density at radius 2 is 0.906 bits per heavy atom. The van der Waals surface area contributed by atoms with Gasteiger partial charge in [0.2, 0.25) is 0 Å². The van der Waals surface area contributed by atoms with Crippen molar-refractivity contribution >= 4 is 0 Å². The van der Waals surface area contributed by atoms with Gasteiger partial charge in [-0.05, 0) is 68.1 Å². The van der Waals surface area contributed by atoms with Crippen LogP contribution in [0.2, 0.25) is 0 Å². The number of hydrogen-bond donors (Lipinski definition) is 0. The minimum absolute atomic E-state index is 0.251. The van der Waals surface area contributed by atoms with Crippen LogP contribution in [0, 0.1) is 6.92 Å². The summed E-state index contributed by atoms with van der Waals surface area (Å²) in [6.45, 7) is 2.30. The van der Waals surface area contributed by atoms with E-state index < -0.39 is 0 Å². The summed E-state index contributed by atoms with van der Waals surface area (Å²) in [6, 6.07) is 42.5. The number of rotatable bonds is 1. The zero-order valence-corrected chi connectivity index (χ0v) is 18.0. The molecule has 0 N–H and O–H groups in total. The molecule has 7 rings (SSSR count). The highest BCUT2D eigenvalue weighted by molar-refractivity contribution is 5.97. The fourth-order valence-corrected chi connectivity index (χ4v) is 6.29. The first-order valence-electron chi connectivity index (χ1n) is 11.3. The molecule has 0 saturated carbocycles. The van der Waals surface area contributed by atoms with Gasteiger partial charge in [-0.25, -0.2) is 0 Å². The zero-order chi connectivity index (χ0) is 21.3. The summed E-state index contributed by atoms with van der Waals surface area (Å²) < 4.78 is 0. The van der Waals surface area contributed by atoms with Crippen molar-refractivity contribution in [1.82, 2.24) is 0 Å². The average molecular weight is 407 g/mol. The lowest BCUT2D eigenvalue weighted by Crippen LogP contribution is -2.25. The van der Waals surface area contributed by atoms with Crippen molar-refractivity contribution in [2.45, 2.75) is 12.3 Å². The van der Waals surface area contributed by atoms with Crippen LogP contribution in [0.15, 0.2) is 115 Å². The lowest BCUT2D eigenvalue weighted by Gasteiger charge is -2.30. The Morgan fingerprint density at radius 3 is 1.53 bits per heavy atom. The Hall–Kier alpha value is -3.90. The Kier molecular flexibility index (Phi) is 3.50. The first-order chi connectivity index (χ1) is 15.8. The molecule has 0 unspecified atom stereocenters. The predicted octanol–water partition coefficient (Wildman–Crippen LogP) is 8.01. The first kappa shape index (κ1) is 17.7. The van der Waals surface area contributed by atoms with E-state index in [1.165, 1.54) is 61.2 Å². The van der Waals surface area contributed by atoms with Gasteiger partial charge in [-0.3, -0.25) is 0 Å². The van der Waals surface area contributed by atoms with Gasteiger partial charge in [-0.2, -0.15) is 0 Å². The van der Waals surface area contributed by atoms with Gasteiger partial charge in [-0.15, -0.1) is 0 Å². The zero-order valence-electron chi connectivity index (χ0n) is 18.0. The van der Waals surface area contributed by atoms with E-state index in [4.69, 9.17) is 0 Å². The third kappa shape index (κ3) is 2.03. The molecule has 5 aromatic rings. The van der Waals surface area contributed by atoms with Crippen LogP contribution in [0.1, 0.15) is 27.8 Å². The molecule has 0 aliphatic heterocycles. The fraction of sp³-hybridized carbons (Fsp3) is 0.0625. The molecule has 0 atom stereocenters. The largest absolute Gasteiger partial charge is 0.0725 e. The Bertz CT molecular complexity index is 1480. The molecule has 0 radical (unpaired) electrons. The van der Waals surface area contributed by atoms with Gasteiger partial charge >= 0.3 is 0 Å². The predicted molar refractivity (Wildman–Crippen MR) is 133 cm³/mol.